The van der Waals surface area contributed by atoms with Gasteiger partial charge in [0.1, 0.15) is 19.8 Å². The number of benzene rings is 1. The van der Waals surface area contributed by atoms with Crippen LogP contribution in [0.3, 0.4) is 0 Å². The lowest BCUT2D eigenvalue weighted by atomic mass is 10.1. The Morgan fingerprint density at radius 1 is 0.690 bits per heavy atom. The molecular formula is C28H24N12O2. The van der Waals surface area contributed by atoms with Crippen LogP contribution < -0.4 is 10.4 Å². The normalized spacial score (nSPS) is 13.1. The fourth-order valence-electron chi connectivity index (χ4n) is 4.23. The summed E-state index contributed by atoms with van der Waals surface area (Å²) in [5.41, 5.74) is 7.87. The largest absolute Gasteiger partial charge is 0.539 e. The van der Waals surface area contributed by atoms with E-state index in [4.69, 9.17) is 19.9 Å². The molecule has 0 spiro atoms. The van der Waals surface area contributed by atoms with E-state index in [9.17, 15) is 9.59 Å². The van der Waals surface area contributed by atoms with Gasteiger partial charge in [-0.3, -0.25) is 0 Å². The Hall–Kier alpha value is -5.92. The van der Waals surface area contributed by atoms with Crippen LogP contribution in [0.15, 0.2) is 82.7 Å². The molecule has 1 aliphatic heterocycles. The summed E-state index contributed by atoms with van der Waals surface area (Å²) < 4.78 is 2.42. The van der Waals surface area contributed by atoms with Crippen molar-refractivity contribution in [3.63, 3.8) is 0 Å². The van der Waals surface area contributed by atoms with Gasteiger partial charge >= 0.3 is 11.7 Å². The van der Waals surface area contributed by atoms with Gasteiger partial charge in [-0.25, -0.2) is 24.7 Å². The molecule has 42 heavy (non-hydrogen) atoms. The summed E-state index contributed by atoms with van der Waals surface area (Å²) >= 11 is 0. The van der Waals surface area contributed by atoms with Gasteiger partial charge in [0.15, 0.2) is 5.82 Å². The third kappa shape index (κ3) is 5.03. The van der Waals surface area contributed by atoms with Crippen molar-refractivity contribution in [1.82, 2.24) is 44.8 Å². The standard InChI is InChI=1S/C28H24N12O2/c1-37-27(41)38(2)34-25(33-37)20-14-8-12-18(29-20)22-16-23(32-24(31-22)17-10-6-5-7-11-17)19-13-9-15-21(30-19)26-35-39(3)28(42)40(4)36-26/h5-16H,1-4H3. The Labute approximate surface area is 239 Å². The Bertz CT molecular complexity index is 1900. The average Bonchev–Trinajstić information content (AvgIpc) is 3.02. The maximum atomic E-state index is 12.1. The Morgan fingerprint density at radius 3 is 1.95 bits per heavy atom. The first-order valence-corrected chi connectivity index (χ1v) is 12.8. The second kappa shape index (κ2) is 10.6. The molecule has 6 rings (SSSR count). The van der Waals surface area contributed by atoms with Gasteiger partial charge in [-0.1, -0.05) is 62.0 Å². The van der Waals surface area contributed by atoms with Crippen molar-refractivity contribution in [2.75, 3.05) is 14.1 Å². The number of nitrogens with zero attached hydrogens (tertiary/aromatic N) is 12. The number of carbonyl (C=O) groups excluding carboxylic acids is 1. The lowest BCUT2D eigenvalue weighted by molar-refractivity contribution is -0.749. The number of amides is 2. The molecular weight excluding hydrogens is 536 g/mol. The van der Waals surface area contributed by atoms with Crippen molar-refractivity contribution in [1.29, 1.82) is 0 Å². The monoisotopic (exact) mass is 560 g/mol. The van der Waals surface area contributed by atoms with Crippen LogP contribution in [0.4, 0.5) is 4.79 Å². The van der Waals surface area contributed by atoms with Gasteiger partial charge in [-0.2, -0.15) is 4.79 Å². The van der Waals surface area contributed by atoms with Crippen LogP contribution in [-0.4, -0.2) is 70.8 Å². The quantitative estimate of drug-likeness (QED) is 0.297. The fourth-order valence-corrected chi connectivity index (χ4v) is 4.23. The van der Waals surface area contributed by atoms with Gasteiger partial charge in [0, 0.05) is 19.7 Å². The van der Waals surface area contributed by atoms with Crippen LogP contribution in [0.1, 0.15) is 5.69 Å². The summed E-state index contributed by atoms with van der Waals surface area (Å²) in [6.45, 7) is 0. The van der Waals surface area contributed by atoms with Crippen LogP contribution >= 0.6 is 0 Å². The summed E-state index contributed by atoms with van der Waals surface area (Å²) in [5.74, 6) is 1.06. The Balaban J connectivity index is 1.47. The highest BCUT2D eigenvalue weighted by atomic mass is 16.2. The fraction of sp³-hybridized carbons (Fsp3) is 0.143. The van der Waals surface area contributed by atoms with E-state index in [1.54, 1.807) is 46.4 Å². The van der Waals surface area contributed by atoms with E-state index in [0.717, 1.165) is 5.56 Å². The molecule has 0 atom stereocenters. The number of amidine groups is 1. The average molecular weight is 561 g/mol. The van der Waals surface area contributed by atoms with E-state index in [0.29, 0.717) is 51.6 Å². The number of hydrogen-bond donors (Lipinski definition) is 0. The minimum Gasteiger partial charge on any atom is -0.367 e. The topological polar surface area (TPSA) is 153 Å². The highest BCUT2D eigenvalue weighted by Crippen LogP contribution is 2.27. The van der Waals surface area contributed by atoms with Crippen molar-refractivity contribution in [2.45, 2.75) is 0 Å². The summed E-state index contributed by atoms with van der Waals surface area (Å²) in [4.78, 5) is 43.4. The number of aryl methyl sites for hydroxylation is 2. The maximum Gasteiger partial charge on any atom is 0.539 e. The minimum absolute atomic E-state index is 0.291. The summed E-state index contributed by atoms with van der Waals surface area (Å²) in [6.07, 6.45) is 0. The molecule has 0 unspecified atom stereocenters. The van der Waals surface area contributed by atoms with Crippen LogP contribution in [0.5, 0.6) is 0 Å². The predicted octanol–water partition coefficient (Wildman–Crippen LogP) is 2.20. The third-order valence-corrected chi connectivity index (χ3v) is 6.33. The molecule has 0 fully saturated rings. The molecule has 5 heterocycles. The van der Waals surface area contributed by atoms with E-state index in [1.165, 1.54) is 19.4 Å². The van der Waals surface area contributed by atoms with Crippen molar-refractivity contribution in [3.8, 4) is 45.7 Å². The van der Waals surface area contributed by atoms with Crippen molar-refractivity contribution >= 4 is 11.9 Å². The highest BCUT2D eigenvalue weighted by Gasteiger charge is 2.18. The van der Waals surface area contributed by atoms with Gasteiger partial charge < -0.3 is 20.5 Å². The summed E-state index contributed by atoms with van der Waals surface area (Å²) in [7, 11) is 6.23. The highest BCUT2D eigenvalue weighted by molar-refractivity contribution is 6.09. The molecule has 208 valence electrons. The second-order valence-corrected chi connectivity index (χ2v) is 9.35. The van der Waals surface area contributed by atoms with Gasteiger partial charge in [0.2, 0.25) is 0 Å². The number of rotatable bonds is 5. The number of pyridine rings is 2. The van der Waals surface area contributed by atoms with E-state index < -0.39 is 0 Å². The molecule has 0 N–H and O–H groups in total. The maximum absolute atomic E-state index is 12.1. The lowest BCUT2D eigenvalue weighted by Gasteiger charge is -2.38. The first-order chi connectivity index (χ1) is 20.3. The molecule has 5 aromatic rings. The van der Waals surface area contributed by atoms with Crippen molar-refractivity contribution < 1.29 is 9.48 Å². The van der Waals surface area contributed by atoms with Crippen molar-refractivity contribution in [2.24, 2.45) is 19.2 Å². The Kier molecular flexibility index (Phi) is 6.62. The number of hydrogen-bond acceptors (Lipinski definition) is 9. The molecule has 14 nitrogen and oxygen atoms in total. The van der Waals surface area contributed by atoms with Crippen LogP contribution in [0.25, 0.3) is 51.1 Å². The first-order valence-electron chi connectivity index (χ1n) is 12.8. The molecule has 1 aliphatic rings. The zero-order valence-electron chi connectivity index (χ0n) is 23.1. The predicted molar refractivity (Wildman–Crippen MR) is 152 cm³/mol. The van der Waals surface area contributed by atoms with E-state index in [-0.39, 0.29) is 11.7 Å². The first kappa shape index (κ1) is 26.3. The molecule has 1 aromatic carbocycles. The van der Waals surface area contributed by atoms with E-state index in [2.05, 4.69) is 20.7 Å². The summed E-state index contributed by atoms with van der Waals surface area (Å²) in [5, 5.41) is 15.2. The molecule has 0 saturated carbocycles. The summed E-state index contributed by atoms with van der Waals surface area (Å²) in [6, 6.07) is 21.9. The molecule has 0 saturated heterocycles. The number of carbonyl (C=O) groups is 1. The number of aromatic nitrogens is 8. The van der Waals surface area contributed by atoms with Gasteiger partial charge in [0.05, 0.1) is 28.5 Å². The molecule has 0 aliphatic carbocycles. The number of urea groups is 1. The zero-order valence-corrected chi connectivity index (χ0v) is 23.1. The van der Waals surface area contributed by atoms with Gasteiger partial charge in [0.25, 0.3) is 5.82 Å². The molecule has 4 aromatic heterocycles. The Morgan fingerprint density at radius 2 is 1.31 bits per heavy atom. The second-order valence-electron chi connectivity index (χ2n) is 9.35. The van der Waals surface area contributed by atoms with Crippen LogP contribution in [0.2, 0.25) is 0 Å². The lowest BCUT2D eigenvalue weighted by Crippen LogP contribution is -2.55. The van der Waals surface area contributed by atoms with Gasteiger partial charge in [-0.15, -0.1) is 0 Å². The SMILES string of the molecule is CN1N=C(c2cccc(-c3cc(-c4cccc(-c5nn(C)c(=O)[n+](C)n5)n4)nc(-c4ccccc4)n3)n2)[N-]N(C)C1=O. The molecule has 14 heteroatoms. The molecule has 0 radical (unpaired) electrons. The number of hydrazone groups is 1. The van der Waals surface area contributed by atoms with Crippen LogP contribution in [0, 0.1) is 0 Å². The van der Waals surface area contributed by atoms with Gasteiger partial charge in [-0.05, 0) is 36.2 Å². The minimum atomic E-state index is -0.352. The molecule has 0 bridgehead atoms. The smallest absolute Gasteiger partial charge is 0.367 e. The molecule has 2 amide bonds. The van der Waals surface area contributed by atoms with E-state index in [1.807, 2.05) is 54.6 Å². The zero-order chi connectivity index (χ0) is 29.4. The van der Waals surface area contributed by atoms with E-state index >= 15 is 0 Å². The van der Waals surface area contributed by atoms with Crippen LogP contribution in [-0.2, 0) is 14.1 Å². The van der Waals surface area contributed by atoms with Crippen molar-refractivity contribution in [3.05, 3.63) is 94.4 Å². The third-order valence-electron chi connectivity index (χ3n) is 6.33.